The van der Waals surface area contributed by atoms with Crippen LogP contribution in [0, 0.1) is 11.8 Å². The summed E-state index contributed by atoms with van der Waals surface area (Å²) in [5.41, 5.74) is 1.37. The fourth-order valence-corrected chi connectivity index (χ4v) is 2.02. The van der Waals surface area contributed by atoms with E-state index in [4.69, 9.17) is 9.52 Å². The summed E-state index contributed by atoms with van der Waals surface area (Å²) < 4.78 is 4.83. The van der Waals surface area contributed by atoms with Crippen LogP contribution in [0.1, 0.15) is 6.42 Å². The molecule has 7 heteroatoms. The Morgan fingerprint density at radius 3 is 2.84 bits per heavy atom. The van der Waals surface area contributed by atoms with Crippen molar-refractivity contribution in [2.24, 2.45) is 11.8 Å². The molecule has 3 rings (SSSR count). The third-order valence-electron chi connectivity index (χ3n) is 3.13. The number of aliphatic carboxylic acids is 1. The maximum Gasteiger partial charge on any atom is 0.417 e. The van der Waals surface area contributed by atoms with E-state index in [1.54, 1.807) is 18.2 Å². The fraction of sp³-hybridized carbons (Fsp3) is 0.250. The summed E-state index contributed by atoms with van der Waals surface area (Å²) in [5.74, 6) is -2.90. The van der Waals surface area contributed by atoms with Crippen molar-refractivity contribution in [3.63, 3.8) is 0 Å². The summed E-state index contributed by atoms with van der Waals surface area (Å²) in [5, 5.41) is 11.4. The lowest BCUT2D eigenvalue weighted by Gasteiger charge is -2.03. The molecule has 98 valence electrons. The van der Waals surface area contributed by atoms with E-state index in [-0.39, 0.29) is 5.91 Å². The molecule has 0 spiro atoms. The summed E-state index contributed by atoms with van der Waals surface area (Å²) in [6.07, 6.45) is 0.367. The normalized spacial score (nSPS) is 21.3. The third kappa shape index (κ3) is 2.10. The molecule has 1 fully saturated rings. The van der Waals surface area contributed by atoms with Crippen molar-refractivity contribution in [1.29, 1.82) is 0 Å². The number of carboxylic acids is 1. The molecule has 2 unspecified atom stereocenters. The van der Waals surface area contributed by atoms with Gasteiger partial charge in [0.15, 0.2) is 5.58 Å². The number of hydrogen-bond donors (Lipinski definition) is 3. The number of carbonyl (C=O) groups excluding carboxylic acids is 1. The van der Waals surface area contributed by atoms with Crippen LogP contribution in [-0.4, -0.2) is 22.0 Å². The van der Waals surface area contributed by atoms with Crippen LogP contribution in [0.25, 0.3) is 11.1 Å². The van der Waals surface area contributed by atoms with Crippen molar-refractivity contribution in [1.82, 2.24) is 4.98 Å². The second-order valence-corrected chi connectivity index (χ2v) is 4.50. The number of benzene rings is 1. The second-order valence-electron chi connectivity index (χ2n) is 4.50. The summed E-state index contributed by atoms with van der Waals surface area (Å²) in [6, 6.07) is 4.72. The van der Waals surface area contributed by atoms with E-state index in [0.29, 0.717) is 23.2 Å². The van der Waals surface area contributed by atoms with E-state index in [1.807, 2.05) is 0 Å². The Balaban J connectivity index is 1.76. The van der Waals surface area contributed by atoms with Crippen molar-refractivity contribution in [2.75, 3.05) is 5.32 Å². The monoisotopic (exact) mass is 262 g/mol. The molecule has 1 aliphatic carbocycles. The van der Waals surface area contributed by atoms with E-state index in [9.17, 15) is 14.4 Å². The molecular weight excluding hydrogens is 252 g/mol. The molecule has 19 heavy (non-hydrogen) atoms. The Bertz CT molecular complexity index is 729. The zero-order valence-corrected chi connectivity index (χ0v) is 9.67. The molecule has 0 aliphatic heterocycles. The van der Waals surface area contributed by atoms with Crippen LogP contribution in [0.15, 0.2) is 27.4 Å². The molecule has 2 aromatic rings. The number of oxazole rings is 1. The van der Waals surface area contributed by atoms with Crippen molar-refractivity contribution < 1.29 is 19.1 Å². The first-order valence-corrected chi connectivity index (χ1v) is 5.71. The quantitative estimate of drug-likeness (QED) is 0.756. The first-order chi connectivity index (χ1) is 9.04. The summed E-state index contributed by atoms with van der Waals surface area (Å²) in [7, 11) is 0. The van der Waals surface area contributed by atoms with Gasteiger partial charge in [-0.15, -0.1) is 0 Å². The first-order valence-electron chi connectivity index (χ1n) is 5.71. The van der Waals surface area contributed by atoms with Gasteiger partial charge in [0.1, 0.15) is 0 Å². The Kier molecular flexibility index (Phi) is 2.41. The molecule has 1 amide bonds. The highest BCUT2D eigenvalue weighted by Crippen LogP contribution is 2.39. The van der Waals surface area contributed by atoms with Crippen LogP contribution in [0.2, 0.25) is 0 Å². The Hall–Kier alpha value is -2.57. The molecule has 3 N–H and O–H groups in total. The summed E-state index contributed by atoms with van der Waals surface area (Å²) in [6.45, 7) is 0. The van der Waals surface area contributed by atoms with Gasteiger partial charge in [-0.05, 0) is 24.6 Å². The predicted molar refractivity (Wildman–Crippen MR) is 64.7 cm³/mol. The fourth-order valence-electron chi connectivity index (χ4n) is 2.02. The number of fused-ring (bicyclic) bond motifs is 1. The number of aromatic nitrogens is 1. The summed E-state index contributed by atoms with van der Waals surface area (Å²) in [4.78, 5) is 35.9. The lowest BCUT2D eigenvalue weighted by molar-refractivity contribution is -0.139. The van der Waals surface area contributed by atoms with Gasteiger partial charge in [0.05, 0.1) is 17.4 Å². The number of anilines is 1. The van der Waals surface area contributed by atoms with Gasteiger partial charge in [-0.1, -0.05) is 0 Å². The lowest BCUT2D eigenvalue weighted by atomic mass is 10.2. The zero-order valence-electron chi connectivity index (χ0n) is 9.67. The van der Waals surface area contributed by atoms with E-state index < -0.39 is 23.6 Å². The van der Waals surface area contributed by atoms with Gasteiger partial charge in [-0.25, -0.2) is 4.79 Å². The highest BCUT2D eigenvalue weighted by molar-refractivity contribution is 5.99. The maximum atomic E-state index is 11.8. The average molecular weight is 262 g/mol. The van der Waals surface area contributed by atoms with Crippen molar-refractivity contribution >= 4 is 28.7 Å². The molecule has 0 bridgehead atoms. The van der Waals surface area contributed by atoms with Crippen LogP contribution in [0.4, 0.5) is 5.69 Å². The van der Waals surface area contributed by atoms with E-state index in [1.165, 1.54) is 0 Å². The summed E-state index contributed by atoms with van der Waals surface area (Å²) >= 11 is 0. The van der Waals surface area contributed by atoms with Gasteiger partial charge in [0.2, 0.25) is 5.91 Å². The van der Waals surface area contributed by atoms with Gasteiger partial charge in [0, 0.05) is 5.69 Å². The largest absolute Gasteiger partial charge is 0.481 e. The molecule has 0 radical (unpaired) electrons. The number of hydrogen-bond acceptors (Lipinski definition) is 4. The molecular formula is C12H10N2O5. The van der Waals surface area contributed by atoms with Gasteiger partial charge < -0.3 is 14.8 Å². The van der Waals surface area contributed by atoms with Gasteiger partial charge >= 0.3 is 11.7 Å². The lowest BCUT2D eigenvalue weighted by Crippen LogP contribution is -2.16. The number of amides is 1. The van der Waals surface area contributed by atoms with Crippen LogP contribution in [-0.2, 0) is 9.59 Å². The predicted octanol–water partition coefficient (Wildman–Crippen LogP) is 0.780. The van der Waals surface area contributed by atoms with Crippen molar-refractivity contribution in [3.8, 4) is 0 Å². The number of carbonyl (C=O) groups is 2. The Labute approximate surface area is 106 Å². The molecule has 0 saturated heterocycles. The molecule has 2 atom stereocenters. The molecule has 1 saturated carbocycles. The zero-order chi connectivity index (χ0) is 13.6. The molecule has 1 heterocycles. The van der Waals surface area contributed by atoms with E-state index in [0.717, 1.165) is 0 Å². The van der Waals surface area contributed by atoms with Crippen LogP contribution < -0.4 is 11.1 Å². The molecule has 1 aromatic carbocycles. The third-order valence-corrected chi connectivity index (χ3v) is 3.13. The minimum atomic E-state index is -0.949. The van der Waals surface area contributed by atoms with Crippen molar-refractivity contribution in [3.05, 3.63) is 28.7 Å². The standard InChI is InChI=1S/C12H10N2O5/c15-10(6-4-7(6)11(16)17)13-5-1-2-9-8(3-5)14-12(18)19-9/h1-3,6-7H,4H2,(H,13,15)(H,14,18)(H,16,17). The minimum Gasteiger partial charge on any atom is -0.481 e. The van der Waals surface area contributed by atoms with E-state index in [2.05, 4.69) is 10.3 Å². The second kappa shape index (κ2) is 3.98. The number of nitrogens with one attached hydrogen (secondary N) is 2. The van der Waals surface area contributed by atoms with Gasteiger partial charge in [0.25, 0.3) is 0 Å². The number of H-pyrrole nitrogens is 1. The number of aromatic amines is 1. The van der Waals surface area contributed by atoms with Crippen LogP contribution in [0.3, 0.4) is 0 Å². The smallest absolute Gasteiger partial charge is 0.417 e. The van der Waals surface area contributed by atoms with Gasteiger partial charge in [-0.3, -0.25) is 14.6 Å². The van der Waals surface area contributed by atoms with Crippen LogP contribution in [0.5, 0.6) is 0 Å². The Morgan fingerprint density at radius 1 is 1.37 bits per heavy atom. The minimum absolute atomic E-state index is 0.322. The average Bonchev–Trinajstić information content (AvgIpc) is 3.06. The SMILES string of the molecule is O=C(O)C1CC1C(=O)Nc1ccc2oc(=O)[nH]c2c1. The topological polar surface area (TPSA) is 112 Å². The number of rotatable bonds is 3. The first kappa shape index (κ1) is 11.5. The molecule has 7 nitrogen and oxygen atoms in total. The maximum absolute atomic E-state index is 11.8. The highest BCUT2D eigenvalue weighted by Gasteiger charge is 2.48. The van der Waals surface area contributed by atoms with Crippen LogP contribution >= 0.6 is 0 Å². The molecule has 1 aliphatic rings. The van der Waals surface area contributed by atoms with Crippen molar-refractivity contribution in [2.45, 2.75) is 6.42 Å². The van der Waals surface area contributed by atoms with Gasteiger partial charge in [-0.2, -0.15) is 0 Å². The van der Waals surface area contributed by atoms with E-state index >= 15 is 0 Å². The Morgan fingerprint density at radius 2 is 2.16 bits per heavy atom. The number of carboxylic acid groups (broad SMARTS) is 1. The highest BCUT2D eigenvalue weighted by atomic mass is 16.4. The molecule has 1 aromatic heterocycles.